The molecule has 136 valence electrons. The summed E-state index contributed by atoms with van der Waals surface area (Å²) in [4.78, 5) is 12.5. The normalized spacial score (nSPS) is 17.0. The van der Waals surface area contributed by atoms with Gasteiger partial charge in [-0.25, -0.2) is 9.97 Å². The fourth-order valence-corrected chi connectivity index (χ4v) is 4.12. The number of rotatable bonds is 4. The zero-order chi connectivity index (χ0) is 18.1. The second-order valence-electron chi connectivity index (χ2n) is 7.13. The molecule has 0 radical (unpaired) electrons. The molecule has 0 saturated carbocycles. The van der Waals surface area contributed by atoms with Crippen molar-refractivity contribution in [3.63, 3.8) is 0 Å². The van der Waals surface area contributed by atoms with Crippen LogP contribution in [0.4, 0.5) is 5.82 Å². The molecule has 1 aliphatic rings. The molecule has 0 unspecified atom stereocenters. The number of aromatic nitrogens is 3. The maximum atomic E-state index is 10.9. The van der Waals surface area contributed by atoms with E-state index in [1.165, 1.54) is 15.8 Å². The molecule has 5 nitrogen and oxygen atoms in total. The van der Waals surface area contributed by atoms with Gasteiger partial charge in [0.15, 0.2) is 0 Å². The van der Waals surface area contributed by atoms with Crippen molar-refractivity contribution >= 4 is 28.5 Å². The molecule has 0 atom stereocenters. The number of benzene rings is 1. The minimum atomic E-state index is -0.672. The van der Waals surface area contributed by atoms with Crippen LogP contribution in [0.2, 0.25) is 0 Å². The number of thioether (sulfide) groups is 1. The number of aryl methyl sites for hydroxylation is 1. The molecule has 0 amide bonds. The van der Waals surface area contributed by atoms with Crippen LogP contribution in [-0.2, 0) is 6.54 Å². The first-order valence-electron chi connectivity index (χ1n) is 8.95. The zero-order valence-electron chi connectivity index (χ0n) is 15.2. The van der Waals surface area contributed by atoms with E-state index in [1.54, 1.807) is 24.3 Å². The molecule has 3 heterocycles. The van der Waals surface area contributed by atoms with Crippen LogP contribution in [0.25, 0.3) is 10.9 Å². The Morgan fingerprint density at radius 3 is 2.73 bits per heavy atom. The van der Waals surface area contributed by atoms with Crippen molar-refractivity contribution in [1.29, 1.82) is 0 Å². The van der Waals surface area contributed by atoms with Gasteiger partial charge in [0.25, 0.3) is 0 Å². The van der Waals surface area contributed by atoms with Gasteiger partial charge in [0, 0.05) is 35.8 Å². The molecule has 6 heteroatoms. The summed E-state index contributed by atoms with van der Waals surface area (Å²) in [5.41, 5.74) is 1.62. The Kier molecular flexibility index (Phi) is 4.63. The zero-order valence-corrected chi connectivity index (χ0v) is 16.0. The van der Waals surface area contributed by atoms with E-state index < -0.39 is 5.60 Å². The summed E-state index contributed by atoms with van der Waals surface area (Å²) in [6, 6.07) is 8.64. The number of imidazole rings is 1. The molecular weight excluding hydrogens is 344 g/mol. The van der Waals surface area contributed by atoms with Gasteiger partial charge in [0.05, 0.1) is 24.0 Å². The van der Waals surface area contributed by atoms with Gasteiger partial charge in [-0.1, -0.05) is 6.07 Å². The van der Waals surface area contributed by atoms with Crippen molar-refractivity contribution in [1.82, 2.24) is 14.5 Å². The van der Waals surface area contributed by atoms with Crippen molar-refractivity contribution in [3.8, 4) is 0 Å². The number of nitrogens with zero attached hydrogens (tertiary/aromatic N) is 4. The van der Waals surface area contributed by atoms with Crippen molar-refractivity contribution in [2.45, 2.75) is 36.8 Å². The molecule has 4 rings (SSSR count). The van der Waals surface area contributed by atoms with E-state index in [0.29, 0.717) is 6.54 Å². The lowest BCUT2D eigenvalue weighted by Gasteiger charge is -2.39. The number of piperidine rings is 1. The summed E-state index contributed by atoms with van der Waals surface area (Å²) in [6.07, 6.45) is 8.97. The van der Waals surface area contributed by atoms with E-state index in [0.717, 1.165) is 37.3 Å². The van der Waals surface area contributed by atoms with Gasteiger partial charge >= 0.3 is 0 Å². The van der Waals surface area contributed by atoms with Crippen LogP contribution in [0.5, 0.6) is 0 Å². The Balaban J connectivity index is 1.53. The molecule has 1 saturated heterocycles. The Morgan fingerprint density at radius 1 is 1.23 bits per heavy atom. The van der Waals surface area contributed by atoms with Crippen LogP contribution >= 0.6 is 11.8 Å². The van der Waals surface area contributed by atoms with Crippen molar-refractivity contribution in [2.75, 3.05) is 24.2 Å². The highest BCUT2D eigenvalue weighted by molar-refractivity contribution is 7.98. The Morgan fingerprint density at radius 2 is 2.04 bits per heavy atom. The average Bonchev–Trinajstić information content (AvgIpc) is 3.14. The van der Waals surface area contributed by atoms with Crippen LogP contribution < -0.4 is 4.90 Å². The van der Waals surface area contributed by atoms with Crippen molar-refractivity contribution in [2.24, 2.45) is 0 Å². The molecular formula is C20H24N4OS. The summed E-state index contributed by atoms with van der Waals surface area (Å²) in [5, 5.41) is 12.1. The number of fused-ring (bicyclic) bond motifs is 1. The second kappa shape index (κ2) is 6.93. The van der Waals surface area contributed by atoms with Gasteiger partial charge in [-0.15, -0.1) is 11.8 Å². The summed E-state index contributed by atoms with van der Waals surface area (Å²) < 4.78 is 1.96. The highest BCUT2D eigenvalue weighted by atomic mass is 32.2. The number of anilines is 1. The topological polar surface area (TPSA) is 54.2 Å². The van der Waals surface area contributed by atoms with Crippen molar-refractivity contribution in [3.05, 3.63) is 48.5 Å². The molecule has 1 N–H and O–H groups in total. The standard InChI is InChI=1S/C20H24N4OS/c1-15-11-19(22-18-12-16(26-2)3-4-17(15)18)24-8-5-20(25,6-9-24)13-23-10-7-21-14-23/h3-4,7,10-12,14,25H,5-6,8-9,13H2,1-2H3. The Bertz CT molecular complexity index is 902. The lowest BCUT2D eigenvalue weighted by atomic mass is 9.91. The first kappa shape index (κ1) is 17.4. The number of aliphatic hydroxyl groups is 1. The van der Waals surface area contributed by atoms with Gasteiger partial charge in [-0.2, -0.15) is 0 Å². The van der Waals surface area contributed by atoms with Gasteiger partial charge in [0.2, 0.25) is 0 Å². The van der Waals surface area contributed by atoms with Gasteiger partial charge in [0.1, 0.15) is 5.82 Å². The SMILES string of the molecule is CSc1ccc2c(C)cc(N3CCC(O)(Cn4ccnc4)CC3)nc2c1. The van der Waals surface area contributed by atoms with Crippen LogP contribution in [-0.4, -0.2) is 44.6 Å². The molecule has 0 bridgehead atoms. The predicted octanol–water partition coefficient (Wildman–Crippen LogP) is 3.49. The lowest BCUT2D eigenvalue weighted by Crippen LogP contribution is -2.47. The fourth-order valence-electron chi connectivity index (χ4n) is 3.68. The van der Waals surface area contributed by atoms with Crippen LogP contribution in [0, 0.1) is 6.92 Å². The molecule has 3 aromatic rings. The first-order chi connectivity index (χ1) is 12.6. The largest absolute Gasteiger partial charge is 0.388 e. The van der Waals surface area contributed by atoms with E-state index in [1.807, 2.05) is 10.8 Å². The van der Waals surface area contributed by atoms with Crippen LogP contribution in [0.1, 0.15) is 18.4 Å². The number of hydrogen-bond donors (Lipinski definition) is 1. The van der Waals surface area contributed by atoms with Crippen molar-refractivity contribution < 1.29 is 5.11 Å². The monoisotopic (exact) mass is 368 g/mol. The predicted molar refractivity (Wildman–Crippen MR) is 107 cm³/mol. The van der Waals surface area contributed by atoms with Crippen LogP contribution in [0.15, 0.2) is 47.9 Å². The molecule has 0 aliphatic carbocycles. The average molecular weight is 369 g/mol. The molecule has 26 heavy (non-hydrogen) atoms. The highest BCUT2D eigenvalue weighted by Crippen LogP contribution is 2.30. The fraction of sp³-hybridized carbons (Fsp3) is 0.400. The quantitative estimate of drug-likeness (QED) is 0.715. The Labute approximate surface area is 158 Å². The van der Waals surface area contributed by atoms with Gasteiger partial charge in [-0.3, -0.25) is 0 Å². The van der Waals surface area contributed by atoms with E-state index in [9.17, 15) is 5.11 Å². The molecule has 1 aliphatic heterocycles. The van der Waals surface area contributed by atoms with E-state index in [-0.39, 0.29) is 0 Å². The summed E-state index contributed by atoms with van der Waals surface area (Å²) >= 11 is 1.74. The Hall–Kier alpha value is -2.05. The summed E-state index contributed by atoms with van der Waals surface area (Å²) in [7, 11) is 0. The van der Waals surface area contributed by atoms with Gasteiger partial charge < -0.3 is 14.6 Å². The minimum absolute atomic E-state index is 0.599. The molecule has 1 aromatic carbocycles. The van der Waals surface area contributed by atoms with E-state index in [2.05, 4.69) is 47.3 Å². The van der Waals surface area contributed by atoms with Gasteiger partial charge in [-0.05, 0) is 49.8 Å². The summed E-state index contributed by atoms with van der Waals surface area (Å²) in [6.45, 7) is 4.37. The summed E-state index contributed by atoms with van der Waals surface area (Å²) in [5.74, 6) is 1.01. The maximum Gasteiger partial charge on any atom is 0.129 e. The maximum absolute atomic E-state index is 10.9. The minimum Gasteiger partial charge on any atom is -0.388 e. The third-order valence-electron chi connectivity index (χ3n) is 5.26. The highest BCUT2D eigenvalue weighted by Gasteiger charge is 2.33. The number of pyridine rings is 1. The third kappa shape index (κ3) is 3.44. The first-order valence-corrected chi connectivity index (χ1v) is 10.2. The molecule has 1 fully saturated rings. The number of hydrogen-bond acceptors (Lipinski definition) is 5. The molecule has 2 aromatic heterocycles. The van der Waals surface area contributed by atoms with Crippen LogP contribution in [0.3, 0.4) is 0 Å². The third-order valence-corrected chi connectivity index (χ3v) is 5.99. The molecule has 0 spiro atoms. The van der Waals surface area contributed by atoms with E-state index >= 15 is 0 Å². The second-order valence-corrected chi connectivity index (χ2v) is 8.01. The lowest BCUT2D eigenvalue weighted by molar-refractivity contribution is -0.000170. The van der Waals surface area contributed by atoms with E-state index in [4.69, 9.17) is 4.98 Å². The smallest absolute Gasteiger partial charge is 0.129 e.